The number of aliphatic hydroxyl groups excluding tert-OH is 8. The van der Waals surface area contributed by atoms with Crippen molar-refractivity contribution in [3.63, 3.8) is 0 Å². The first-order valence-corrected chi connectivity index (χ1v) is 20.3. The van der Waals surface area contributed by atoms with E-state index < -0.39 is 67.0 Å². The lowest BCUT2D eigenvalue weighted by molar-refractivity contribution is -0.345. The van der Waals surface area contributed by atoms with Crippen molar-refractivity contribution in [1.29, 1.82) is 0 Å². The van der Waals surface area contributed by atoms with E-state index >= 15 is 0 Å². The van der Waals surface area contributed by atoms with Gasteiger partial charge in [-0.1, -0.05) is 46.3 Å². The van der Waals surface area contributed by atoms with Crippen molar-refractivity contribution in [2.45, 2.75) is 186 Å². The van der Waals surface area contributed by atoms with Crippen LogP contribution in [0.4, 0.5) is 0 Å². The summed E-state index contributed by atoms with van der Waals surface area (Å²) in [5.41, 5.74) is -0.185. The van der Waals surface area contributed by atoms with Gasteiger partial charge in [-0.25, -0.2) is 0 Å². The standard InChI is InChI=1S/C41H70O12/c1-21(2)10-9-14-41(8,53-36-34(49)32(47)31(46)25(52-36)20-51-35-33(48)30(45)24(43)19-50-35)22-11-16-40(7)29(22)23(42)18-27-38(5)15-13-28(44)37(3,4)26(38)12-17-39(27,40)6/h10,22-36,42-49H,9,11-20H2,1-8H3/t22-,23+,24+,25+,26-,27+,28-,29-,30-,31+,32-,33+,34+,35-,36-,38-,39+,40+,41?/m0/s1. The Labute approximate surface area is 315 Å². The van der Waals surface area contributed by atoms with Crippen LogP contribution in [0.2, 0.25) is 0 Å². The molecule has 0 aromatic rings. The first-order valence-electron chi connectivity index (χ1n) is 20.3. The molecule has 2 saturated heterocycles. The Kier molecular flexibility index (Phi) is 11.8. The van der Waals surface area contributed by atoms with Gasteiger partial charge >= 0.3 is 0 Å². The van der Waals surface area contributed by atoms with Crippen LogP contribution < -0.4 is 0 Å². The molecule has 0 amide bonds. The Morgan fingerprint density at radius 2 is 1.42 bits per heavy atom. The Balaban J connectivity index is 1.26. The SMILES string of the molecule is CC(C)=CCCC(C)(O[C@@H]1O[C@H](CO[C@@H]2OC[C@@H](O)[C@H](O)[C@H]2O)[C@@H](O)[C@H](O)[C@H]1O)[C@H]1CC[C@]2(C)[C@@H]1[C@H](O)C[C@@H]1[C@@]3(C)CC[C@H](O)C(C)(C)[C@@H]3CC[C@]12C. The molecule has 0 aromatic carbocycles. The second-order valence-corrected chi connectivity index (χ2v) is 19.7. The summed E-state index contributed by atoms with van der Waals surface area (Å²) in [6.07, 6.45) is -4.18. The lowest BCUT2D eigenvalue weighted by Gasteiger charge is -2.70. The highest BCUT2D eigenvalue weighted by Gasteiger charge is 2.71. The lowest BCUT2D eigenvalue weighted by atomic mass is 9.35. The zero-order chi connectivity index (χ0) is 39.1. The van der Waals surface area contributed by atoms with Crippen molar-refractivity contribution in [2.24, 2.45) is 45.3 Å². The van der Waals surface area contributed by atoms with Gasteiger partial charge in [-0.05, 0) is 124 Å². The van der Waals surface area contributed by atoms with Gasteiger partial charge in [-0.2, -0.15) is 0 Å². The summed E-state index contributed by atoms with van der Waals surface area (Å²) in [7, 11) is 0. The van der Waals surface area contributed by atoms with Crippen LogP contribution in [-0.2, 0) is 18.9 Å². The highest BCUT2D eigenvalue weighted by molar-refractivity contribution is 5.20. The molecule has 0 radical (unpaired) electrons. The van der Waals surface area contributed by atoms with Crippen molar-refractivity contribution < 1.29 is 59.8 Å². The van der Waals surface area contributed by atoms with E-state index in [2.05, 4.69) is 40.7 Å². The highest BCUT2D eigenvalue weighted by Crippen LogP contribution is 2.76. The fourth-order valence-corrected chi connectivity index (χ4v) is 12.9. The van der Waals surface area contributed by atoms with E-state index in [9.17, 15) is 40.9 Å². The molecule has 0 aromatic heterocycles. The fourth-order valence-electron chi connectivity index (χ4n) is 12.9. The van der Waals surface area contributed by atoms with E-state index in [1.54, 1.807) is 0 Å². The average molecular weight is 755 g/mol. The topological polar surface area (TPSA) is 199 Å². The Hall–Kier alpha value is -0.740. The molecular weight excluding hydrogens is 684 g/mol. The van der Waals surface area contributed by atoms with Crippen LogP contribution in [0.5, 0.6) is 0 Å². The van der Waals surface area contributed by atoms with Gasteiger partial charge in [0.15, 0.2) is 12.6 Å². The lowest BCUT2D eigenvalue weighted by Crippen LogP contribution is -2.67. The number of fused-ring (bicyclic) bond motifs is 5. The van der Waals surface area contributed by atoms with Crippen LogP contribution in [0.15, 0.2) is 11.6 Å². The summed E-state index contributed by atoms with van der Waals surface area (Å²) >= 11 is 0. The minimum Gasteiger partial charge on any atom is -0.393 e. The third-order valence-electron chi connectivity index (χ3n) is 16.3. The summed E-state index contributed by atoms with van der Waals surface area (Å²) in [5, 5.41) is 87.0. The molecule has 2 aliphatic heterocycles. The molecule has 0 bridgehead atoms. The maximum atomic E-state index is 12.4. The minimum atomic E-state index is -1.63. The fraction of sp³-hybridized carbons (Fsp3) is 0.951. The van der Waals surface area contributed by atoms with Gasteiger partial charge < -0.3 is 59.8 Å². The van der Waals surface area contributed by atoms with Gasteiger partial charge in [0, 0.05) is 0 Å². The zero-order valence-electron chi connectivity index (χ0n) is 33.2. The number of ether oxygens (including phenoxy) is 4. The molecule has 12 heteroatoms. The first kappa shape index (κ1) is 41.9. The second-order valence-electron chi connectivity index (χ2n) is 19.7. The molecule has 8 N–H and O–H groups in total. The van der Waals surface area contributed by atoms with E-state index in [-0.39, 0.29) is 52.8 Å². The van der Waals surface area contributed by atoms with Gasteiger partial charge in [0.2, 0.25) is 0 Å². The quantitative estimate of drug-likeness (QED) is 0.161. The van der Waals surface area contributed by atoms with Crippen LogP contribution in [0, 0.1) is 45.3 Å². The summed E-state index contributed by atoms with van der Waals surface area (Å²) in [6, 6.07) is 0. The Morgan fingerprint density at radius 1 is 0.755 bits per heavy atom. The number of hydrogen-bond acceptors (Lipinski definition) is 12. The van der Waals surface area contributed by atoms with Gasteiger partial charge in [0.1, 0.15) is 42.7 Å². The largest absolute Gasteiger partial charge is 0.393 e. The van der Waals surface area contributed by atoms with E-state index in [1.807, 2.05) is 20.8 Å². The molecule has 53 heavy (non-hydrogen) atoms. The molecule has 1 unspecified atom stereocenters. The van der Waals surface area contributed by atoms with E-state index in [0.29, 0.717) is 31.1 Å². The van der Waals surface area contributed by atoms with Crippen LogP contribution >= 0.6 is 0 Å². The molecule has 4 saturated carbocycles. The first-order chi connectivity index (χ1) is 24.6. The monoisotopic (exact) mass is 754 g/mol. The maximum absolute atomic E-state index is 12.4. The molecule has 12 nitrogen and oxygen atoms in total. The molecular formula is C41H70O12. The second kappa shape index (κ2) is 14.9. The summed E-state index contributed by atoms with van der Waals surface area (Å²) in [4.78, 5) is 0. The van der Waals surface area contributed by atoms with Crippen molar-refractivity contribution >= 4 is 0 Å². The minimum absolute atomic E-state index is 0.00324. The molecule has 6 rings (SSSR count). The van der Waals surface area contributed by atoms with Crippen LogP contribution in [0.25, 0.3) is 0 Å². The third-order valence-corrected chi connectivity index (χ3v) is 16.3. The predicted octanol–water partition coefficient (Wildman–Crippen LogP) is 2.79. The molecule has 19 atom stereocenters. The molecule has 2 heterocycles. The Bertz CT molecular complexity index is 1320. The van der Waals surface area contributed by atoms with E-state index in [0.717, 1.165) is 44.1 Å². The number of hydrogen-bond donors (Lipinski definition) is 8. The predicted molar refractivity (Wildman–Crippen MR) is 195 cm³/mol. The Morgan fingerprint density at radius 3 is 2.09 bits per heavy atom. The van der Waals surface area contributed by atoms with E-state index in [4.69, 9.17) is 18.9 Å². The van der Waals surface area contributed by atoms with Gasteiger partial charge in [-0.3, -0.25) is 0 Å². The molecule has 0 spiro atoms. The van der Waals surface area contributed by atoms with Crippen LogP contribution in [-0.4, -0.2) is 127 Å². The zero-order valence-corrected chi connectivity index (χ0v) is 33.2. The summed E-state index contributed by atoms with van der Waals surface area (Å²) < 4.78 is 24.1. The van der Waals surface area contributed by atoms with E-state index in [1.165, 1.54) is 0 Å². The smallest absolute Gasteiger partial charge is 0.187 e. The van der Waals surface area contributed by atoms with Crippen LogP contribution in [0.1, 0.15) is 113 Å². The van der Waals surface area contributed by atoms with Crippen molar-refractivity contribution in [1.82, 2.24) is 0 Å². The number of allylic oxidation sites excluding steroid dienone is 2. The third kappa shape index (κ3) is 6.90. The molecule has 306 valence electrons. The maximum Gasteiger partial charge on any atom is 0.187 e. The van der Waals surface area contributed by atoms with Crippen molar-refractivity contribution in [3.8, 4) is 0 Å². The van der Waals surface area contributed by atoms with Gasteiger partial charge in [0.05, 0.1) is 31.0 Å². The average Bonchev–Trinajstić information content (AvgIpc) is 3.47. The molecule has 6 aliphatic rings. The number of aliphatic hydroxyl groups is 8. The molecule has 6 fully saturated rings. The summed E-state index contributed by atoms with van der Waals surface area (Å²) in [5.74, 6) is 0.469. The summed E-state index contributed by atoms with van der Waals surface area (Å²) in [6.45, 7) is 17.2. The molecule has 4 aliphatic carbocycles. The van der Waals surface area contributed by atoms with Crippen molar-refractivity contribution in [2.75, 3.05) is 13.2 Å². The normalized spacial score (nSPS) is 52.1. The highest BCUT2D eigenvalue weighted by atomic mass is 16.7. The van der Waals surface area contributed by atoms with Gasteiger partial charge in [0.25, 0.3) is 0 Å². The number of rotatable bonds is 9. The van der Waals surface area contributed by atoms with Gasteiger partial charge in [-0.15, -0.1) is 0 Å². The van der Waals surface area contributed by atoms with Crippen LogP contribution in [0.3, 0.4) is 0 Å². The van der Waals surface area contributed by atoms with Crippen molar-refractivity contribution in [3.05, 3.63) is 11.6 Å².